The van der Waals surface area contributed by atoms with Crippen LogP contribution in [-0.4, -0.2) is 33.6 Å². The summed E-state index contributed by atoms with van der Waals surface area (Å²) < 4.78 is 32.6. The lowest BCUT2D eigenvalue weighted by atomic mass is 9.92. The highest BCUT2D eigenvalue weighted by Crippen LogP contribution is 2.21. The van der Waals surface area contributed by atoms with Gasteiger partial charge in [0.1, 0.15) is 0 Å². The summed E-state index contributed by atoms with van der Waals surface area (Å²) in [5.41, 5.74) is 5.93. The van der Waals surface area contributed by atoms with Crippen molar-refractivity contribution < 1.29 is 17.9 Å². The number of esters is 1. The van der Waals surface area contributed by atoms with Crippen LogP contribution in [0.1, 0.15) is 43.1 Å². The fourth-order valence-electron chi connectivity index (χ4n) is 2.59. The number of ether oxygens (including phenoxy) is 1. The Kier molecular flexibility index (Phi) is 6.33. The van der Waals surface area contributed by atoms with Gasteiger partial charge in [0.05, 0.1) is 17.6 Å². The number of carbonyl (C=O) groups is 1. The average Bonchev–Trinajstić information content (AvgIpc) is 2.44. The number of benzene rings is 1. The zero-order valence-electron chi connectivity index (χ0n) is 14.3. The van der Waals surface area contributed by atoms with Gasteiger partial charge in [-0.25, -0.2) is 17.9 Å². The second-order valence-electron chi connectivity index (χ2n) is 6.44. The van der Waals surface area contributed by atoms with E-state index in [4.69, 9.17) is 5.73 Å². The molecule has 0 spiro atoms. The number of methoxy groups -OCH3 is 1. The van der Waals surface area contributed by atoms with Gasteiger partial charge in [-0.1, -0.05) is 13.8 Å². The molecule has 1 aromatic carbocycles. The van der Waals surface area contributed by atoms with E-state index in [0.29, 0.717) is 23.5 Å². The molecule has 0 radical (unpaired) electrons. The van der Waals surface area contributed by atoms with Crippen molar-refractivity contribution in [1.29, 1.82) is 0 Å². The van der Waals surface area contributed by atoms with Crippen molar-refractivity contribution in [3.8, 4) is 0 Å². The second kappa shape index (κ2) is 7.42. The van der Waals surface area contributed by atoms with E-state index in [1.165, 1.54) is 25.3 Å². The highest BCUT2D eigenvalue weighted by molar-refractivity contribution is 7.89. The largest absolute Gasteiger partial charge is 0.465 e. The maximum absolute atomic E-state index is 12.6. The third-order valence-electron chi connectivity index (χ3n) is 3.60. The Balaban J connectivity index is 3.14. The molecule has 1 atom stereocenters. The lowest BCUT2D eigenvalue weighted by Crippen LogP contribution is -2.52. The molecule has 0 amide bonds. The molecule has 0 bridgehead atoms. The summed E-state index contributed by atoms with van der Waals surface area (Å²) in [5, 5.41) is 0. The van der Waals surface area contributed by atoms with Crippen molar-refractivity contribution in [2.75, 3.05) is 13.7 Å². The first kappa shape index (κ1) is 19.6. The van der Waals surface area contributed by atoms with Crippen LogP contribution in [0.25, 0.3) is 0 Å². The molecular weight excluding hydrogens is 316 g/mol. The van der Waals surface area contributed by atoms with Crippen LogP contribution in [0.5, 0.6) is 0 Å². The van der Waals surface area contributed by atoms with Crippen molar-refractivity contribution in [3.05, 3.63) is 29.3 Å². The Morgan fingerprint density at radius 1 is 1.39 bits per heavy atom. The zero-order valence-corrected chi connectivity index (χ0v) is 15.2. The smallest absolute Gasteiger partial charge is 0.338 e. The molecular formula is C16H26N2O4S. The fraction of sp³-hybridized carbons (Fsp3) is 0.562. The van der Waals surface area contributed by atoms with E-state index < -0.39 is 21.5 Å². The summed E-state index contributed by atoms with van der Waals surface area (Å²) in [6.07, 6.45) is 0.627. The summed E-state index contributed by atoms with van der Waals surface area (Å²) in [7, 11) is -2.45. The Bertz CT molecular complexity index is 671. The Labute approximate surface area is 138 Å². The van der Waals surface area contributed by atoms with Gasteiger partial charge in [0.15, 0.2) is 0 Å². The van der Waals surface area contributed by atoms with Crippen LogP contribution < -0.4 is 10.5 Å². The molecule has 6 nitrogen and oxygen atoms in total. The maximum atomic E-state index is 12.6. The zero-order chi connectivity index (χ0) is 17.8. The predicted molar refractivity (Wildman–Crippen MR) is 89.8 cm³/mol. The first-order valence-electron chi connectivity index (χ1n) is 7.47. The molecule has 1 rings (SSSR count). The first-order chi connectivity index (χ1) is 10.5. The second-order valence-corrected chi connectivity index (χ2v) is 8.12. The topological polar surface area (TPSA) is 98.5 Å². The van der Waals surface area contributed by atoms with Crippen LogP contribution in [0.2, 0.25) is 0 Å². The highest BCUT2D eigenvalue weighted by atomic mass is 32.2. The minimum atomic E-state index is -3.73. The van der Waals surface area contributed by atoms with E-state index in [2.05, 4.69) is 9.46 Å². The van der Waals surface area contributed by atoms with Gasteiger partial charge in [-0.2, -0.15) is 0 Å². The van der Waals surface area contributed by atoms with Crippen LogP contribution in [0, 0.1) is 12.8 Å². The third kappa shape index (κ3) is 5.02. The van der Waals surface area contributed by atoms with Crippen molar-refractivity contribution in [3.63, 3.8) is 0 Å². The normalized spacial score (nSPS) is 14.6. The minimum absolute atomic E-state index is 0.103. The molecule has 0 aromatic heterocycles. The highest BCUT2D eigenvalue weighted by Gasteiger charge is 2.30. The molecule has 23 heavy (non-hydrogen) atoms. The molecule has 7 heteroatoms. The number of rotatable bonds is 7. The average molecular weight is 342 g/mol. The molecule has 1 aromatic rings. The molecule has 1 unspecified atom stereocenters. The number of nitrogens with two attached hydrogens (primary N) is 1. The van der Waals surface area contributed by atoms with Gasteiger partial charge in [-0.15, -0.1) is 0 Å². The van der Waals surface area contributed by atoms with E-state index >= 15 is 0 Å². The maximum Gasteiger partial charge on any atom is 0.338 e. The van der Waals surface area contributed by atoms with Crippen LogP contribution in [0.3, 0.4) is 0 Å². The molecule has 0 aliphatic heterocycles. The van der Waals surface area contributed by atoms with Gasteiger partial charge in [-0.05, 0) is 49.9 Å². The molecule has 0 aliphatic rings. The number of nitrogens with one attached hydrogen (secondary N) is 1. The summed E-state index contributed by atoms with van der Waals surface area (Å²) in [6, 6.07) is 4.31. The lowest BCUT2D eigenvalue weighted by molar-refractivity contribution is 0.0599. The third-order valence-corrected chi connectivity index (χ3v) is 5.24. The molecule has 0 aliphatic carbocycles. The van der Waals surface area contributed by atoms with Gasteiger partial charge >= 0.3 is 5.97 Å². The quantitative estimate of drug-likeness (QED) is 0.737. The van der Waals surface area contributed by atoms with Crippen molar-refractivity contribution >= 4 is 16.0 Å². The molecule has 0 saturated heterocycles. The van der Waals surface area contributed by atoms with Crippen LogP contribution in [0.4, 0.5) is 0 Å². The Morgan fingerprint density at radius 2 is 2.00 bits per heavy atom. The van der Waals surface area contributed by atoms with Gasteiger partial charge in [0.2, 0.25) is 10.0 Å². The number of hydrogen-bond acceptors (Lipinski definition) is 5. The predicted octanol–water partition coefficient (Wildman–Crippen LogP) is 1.82. The van der Waals surface area contributed by atoms with Crippen LogP contribution in [-0.2, 0) is 14.8 Å². The molecule has 3 N–H and O–H groups in total. The van der Waals surface area contributed by atoms with Crippen LogP contribution in [0.15, 0.2) is 23.1 Å². The summed E-state index contributed by atoms with van der Waals surface area (Å²) >= 11 is 0. The van der Waals surface area contributed by atoms with E-state index in [1.54, 1.807) is 13.8 Å². The molecule has 0 fully saturated rings. The summed E-state index contributed by atoms with van der Waals surface area (Å²) in [6.45, 7) is 7.68. The van der Waals surface area contributed by atoms with Gasteiger partial charge in [0.25, 0.3) is 0 Å². The number of sulfonamides is 1. The lowest BCUT2D eigenvalue weighted by Gasteiger charge is -2.30. The van der Waals surface area contributed by atoms with E-state index in [9.17, 15) is 13.2 Å². The molecule has 130 valence electrons. The SMILES string of the molecule is COC(=O)c1ccc(S(=O)(=O)NC(C)(CN)CC(C)C)cc1C. The van der Waals surface area contributed by atoms with Crippen LogP contribution >= 0.6 is 0 Å². The summed E-state index contributed by atoms with van der Waals surface area (Å²) in [4.78, 5) is 11.7. The van der Waals surface area contributed by atoms with Gasteiger partial charge in [-0.3, -0.25) is 0 Å². The monoisotopic (exact) mass is 342 g/mol. The van der Waals surface area contributed by atoms with E-state index in [0.717, 1.165) is 0 Å². The van der Waals surface area contributed by atoms with Gasteiger partial charge < -0.3 is 10.5 Å². The van der Waals surface area contributed by atoms with E-state index in [1.807, 2.05) is 13.8 Å². The van der Waals surface area contributed by atoms with Gasteiger partial charge in [0, 0.05) is 12.1 Å². The van der Waals surface area contributed by atoms with Crippen molar-refractivity contribution in [1.82, 2.24) is 4.72 Å². The van der Waals surface area contributed by atoms with E-state index in [-0.39, 0.29) is 11.4 Å². The summed E-state index contributed by atoms with van der Waals surface area (Å²) in [5.74, 6) is -0.194. The standard InChI is InChI=1S/C16H26N2O4S/c1-11(2)9-16(4,10-17)18-23(20,21)13-6-7-14(12(3)8-13)15(19)22-5/h6-8,11,18H,9-10,17H2,1-5H3. The van der Waals surface area contributed by atoms with Crippen molar-refractivity contribution in [2.45, 2.75) is 44.6 Å². The Morgan fingerprint density at radius 3 is 2.43 bits per heavy atom. The molecule has 0 heterocycles. The number of carbonyl (C=O) groups excluding carboxylic acids is 1. The Hall–Kier alpha value is -1.44. The number of aryl methyl sites for hydroxylation is 1. The van der Waals surface area contributed by atoms with Crippen molar-refractivity contribution in [2.24, 2.45) is 11.7 Å². The minimum Gasteiger partial charge on any atom is -0.465 e. The fourth-order valence-corrected chi connectivity index (χ4v) is 4.11. The number of hydrogen-bond donors (Lipinski definition) is 2. The first-order valence-corrected chi connectivity index (χ1v) is 8.96. The molecule has 0 saturated carbocycles.